The first kappa shape index (κ1) is 26.6. The highest BCUT2D eigenvalue weighted by Gasteiger charge is 2.24. The summed E-state index contributed by atoms with van der Waals surface area (Å²) in [5.41, 5.74) is 6.04. The van der Waals surface area contributed by atoms with E-state index in [2.05, 4.69) is 16.0 Å². The second-order valence-corrected chi connectivity index (χ2v) is 9.00. The minimum absolute atomic E-state index is 0.0197. The van der Waals surface area contributed by atoms with Crippen molar-refractivity contribution in [1.29, 1.82) is 0 Å². The largest absolute Gasteiger partial charge is 0.478 e. The number of nitro groups is 1. The SMILES string of the molecule is NCCCC[C@@H]1NC(=O)CNC(=O)c2cc([N+](=O)[O-])ccc2SCc2ccc(C(=O)O)cc2NC1=O. The summed E-state index contributed by atoms with van der Waals surface area (Å²) in [4.78, 5) is 61.0. The third kappa shape index (κ3) is 6.79. The van der Waals surface area contributed by atoms with Gasteiger partial charge in [0.1, 0.15) is 6.04 Å². The van der Waals surface area contributed by atoms with Crippen molar-refractivity contribution < 1.29 is 29.2 Å². The average molecular weight is 516 g/mol. The van der Waals surface area contributed by atoms with Gasteiger partial charge in [0.2, 0.25) is 11.8 Å². The molecule has 2 aromatic carbocycles. The van der Waals surface area contributed by atoms with Gasteiger partial charge in [-0.2, -0.15) is 0 Å². The molecule has 0 saturated heterocycles. The molecule has 2 aromatic rings. The minimum Gasteiger partial charge on any atom is -0.478 e. The number of anilines is 1. The van der Waals surface area contributed by atoms with E-state index >= 15 is 0 Å². The van der Waals surface area contributed by atoms with Crippen LogP contribution in [0, 0.1) is 10.1 Å². The first-order valence-corrected chi connectivity index (χ1v) is 12.0. The van der Waals surface area contributed by atoms with Crippen LogP contribution in [0.2, 0.25) is 0 Å². The predicted molar refractivity (Wildman–Crippen MR) is 132 cm³/mol. The number of fused-ring (bicyclic) bond motifs is 2. The number of nitrogens with zero attached hydrogens (tertiary/aromatic N) is 1. The molecule has 1 heterocycles. The zero-order valence-corrected chi connectivity index (χ0v) is 19.9. The zero-order valence-electron chi connectivity index (χ0n) is 19.1. The molecule has 1 aliphatic heterocycles. The number of aromatic carboxylic acids is 1. The molecule has 0 radical (unpaired) electrons. The van der Waals surface area contributed by atoms with Gasteiger partial charge in [-0.25, -0.2) is 4.79 Å². The summed E-state index contributed by atoms with van der Waals surface area (Å²) in [5.74, 6) is -2.81. The standard InChI is InChI=1S/C23H25N5O7S/c24-8-2-1-3-17-22(31)27-18-9-13(23(32)33)4-5-14(18)12-36-19-7-6-15(28(34)35)10-16(19)21(30)25-11-20(29)26-17/h4-7,9-10,17H,1-3,8,11-12,24H2,(H,25,30)(H,26,29)(H,27,31)(H,32,33)/t17-/m0/s1. The lowest BCUT2D eigenvalue weighted by Crippen LogP contribution is -2.47. The molecule has 0 fully saturated rings. The number of nitrogens with one attached hydrogen (secondary N) is 3. The Morgan fingerprint density at radius 2 is 1.94 bits per heavy atom. The third-order valence-electron chi connectivity index (χ3n) is 5.42. The van der Waals surface area contributed by atoms with Crippen molar-refractivity contribution in [3.8, 4) is 0 Å². The van der Waals surface area contributed by atoms with Crippen molar-refractivity contribution in [3.05, 3.63) is 63.2 Å². The summed E-state index contributed by atoms with van der Waals surface area (Å²) in [7, 11) is 0. The molecule has 0 unspecified atom stereocenters. The molecule has 1 aliphatic rings. The molecule has 13 heteroatoms. The zero-order chi connectivity index (χ0) is 26.2. The number of carbonyl (C=O) groups is 4. The Morgan fingerprint density at radius 1 is 1.17 bits per heavy atom. The number of unbranched alkanes of at least 4 members (excludes halogenated alkanes) is 1. The Labute approximate surface area is 210 Å². The normalized spacial score (nSPS) is 16.5. The fraction of sp³-hybridized carbons (Fsp3) is 0.304. The number of nitrogens with two attached hydrogens (primary N) is 1. The highest BCUT2D eigenvalue weighted by atomic mass is 32.2. The molecule has 0 saturated carbocycles. The highest BCUT2D eigenvalue weighted by molar-refractivity contribution is 7.98. The van der Waals surface area contributed by atoms with E-state index in [9.17, 15) is 34.4 Å². The molecule has 12 nitrogen and oxygen atoms in total. The predicted octanol–water partition coefficient (Wildman–Crippen LogP) is 1.88. The van der Waals surface area contributed by atoms with E-state index in [0.717, 1.165) is 6.07 Å². The Bertz CT molecular complexity index is 1200. The Hall–Kier alpha value is -3.97. The van der Waals surface area contributed by atoms with Crippen LogP contribution < -0.4 is 21.7 Å². The fourth-order valence-corrected chi connectivity index (χ4v) is 4.56. The van der Waals surface area contributed by atoms with Gasteiger partial charge in [0.15, 0.2) is 0 Å². The maximum absolute atomic E-state index is 13.1. The van der Waals surface area contributed by atoms with Gasteiger partial charge in [-0.05, 0) is 49.6 Å². The maximum Gasteiger partial charge on any atom is 0.335 e. The molecule has 0 bridgehead atoms. The van der Waals surface area contributed by atoms with Gasteiger partial charge in [0.05, 0.1) is 22.6 Å². The number of nitro benzene ring substituents is 1. The van der Waals surface area contributed by atoms with E-state index in [1.54, 1.807) is 6.07 Å². The quantitative estimate of drug-likeness (QED) is 0.217. The van der Waals surface area contributed by atoms with Crippen LogP contribution >= 0.6 is 11.8 Å². The lowest BCUT2D eigenvalue weighted by atomic mass is 10.1. The molecule has 0 aromatic heterocycles. The number of non-ortho nitro benzene ring substituents is 1. The van der Waals surface area contributed by atoms with Crippen molar-refractivity contribution in [2.75, 3.05) is 18.4 Å². The second-order valence-electron chi connectivity index (χ2n) is 7.98. The number of carboxylic acids is 1. The number of amides is 3. The molecule has 190 valence electrons. The number of rotatable bonds is 6. The summed E-state index contributed by atoms with van der Waals surface area (Å²) < 4.78 is 0. The van der Waals surface area contributed by atoms with E-state index in [1.807, 2.05) is 0 Å². The van der Waals surface area contributed by atoms with Crippen molar-refractivity contribution in [3.63, 3.8) is 0 Å². The molecule has 36 heavy (non-hydrogen) atoms. The van der Waals surface area contributed by atoms with E-state index < -0.39 is 41.2 Å². The lowest BCUT2D eigenvalue weighted by molar-refractivity contribution is -0.384. The summed E-state index contributed by atoms with van der Waals surface area (Å²) in [6.07, 6.45) is 1.46. The van der Waals surface area contributed by atoms with Crippen LogP contribution in [0.5, 0.6) is 0 Å². The lowest BCUT2D eigenvalue weighted by Gasteiger charge is -2.21. The topological polar surface area (TPSA) is 194 Å². The molecular formula is C23H25N5O7S. The van der Waals surface area contributed by atoms with E-state index in [1.165, 1.54) is 36.0 Å². The number of carboxylic acid groups (broad SMARTS) is 1. The third-order valence-corrected chi connectivity index (χ3v) is 6.55. The Kier molecular flexibility index (Phi) is 8.97. The van der Waals surface area contributed by atoms with Gasteiger partial charge in [-0.1, -0.05) is 6.07 Å². The first-order valence-electron chi connectivity index (χ1n) is 11.1. The van der Waals surface area contributed by atoms with Gasteiger partial charge in [0, 0.05) is 28.5 Å². The smallest absolute Gasteiger partial charge is 0.335 e. The van der Waals surface area contributed by atoms with Crippen LogP contribution in [-0.4, -0.2) is 52.9 Å². The van der Waals surface area contributed by atoms with Crippen molar-refractivity contribution in [2.24, 2.45) is 5.73 Å². The van der Waals surface area contributed by atoms with Crippen molar-refractivity contribution in [2.45, 2.75) is 36.0 Å². The molecular weight excluding hydrogens is 490 g/mol. The molecule has 0 aliphatic carbocycles. The van der Waals surface area contributed by atoms with Crippen LogP contribution in [-0.2, 0) is 15.3 Å². The molecule has 1 atom stereocenters. The van der Waals surface area contributed by atoms with Gasteiger partial charge < -0.3 is 26.8 Å². The van der Waals surface area contributed by atoms with E-state index in [0.29, 0.717) is 29.8 Å². The van der Waals surface area contributed by atoms with E-state index in [-0.39, 0.29) is 34.7 Å². The van der Waals surface area contributed by atoms with Gasteiger partial charge in [-0.15, -0.1) is 11.8 Å². The summed E-state index contributed by atoms with van der Waals surface area (Å²) in [6.45, 7) is -0.0437. The number of thioether (sulfide) groups is 1. The second kappa shape index (κ2) is 12.1. The Morgan fingerprint density at radius 3 is 2.64 bits per heavy atom. The van der Waals surface area contributed by atoms with Crippen LogP contribution in [0.1, 0.15) is 45.5 Å². The molecule has 6 N–H and O–H groups in total. The Balaban J connectivity index is 2.02. The number of hydrogen-bond acceptors (Lipinski definition) is 8. The van der Waals surface area contributed by atoms with Gasteiger partial charge >= 0.3 is 5.97 Å². The average Bonchev–Trinajstić information content (AvgIpc) is 2.85. The molecule has 3 amide bonds. The maximum atomic E-state index is 13.1. The van der Waals surface area contributed by atoms with Crippen LogP contribution in [0.4, 0.5) is 11.4 Å². The summed E-state index contributed by atoms with van der Waals surface area (Å²) >= 11 is 1.18. The minimum atomic E-state index is -1.18. The van der Waals surface area contributed by atoms with Crippen molar-refractivity contribution >= 4 is 46.8 Å². The number of hydrogen-bond donors (Lipinski definition) is 5. The highest BCUT2D eigenvalue weighted by Crippen LogP contribution is 2.32. The van der Waals surface area contributed by atoms with Crippen molar-refractivity contribution in [1.82, 2.24) is 10.6 Å². The monoisotopic (exact) mass is 515 g/mol. The van der Waals surface area contributed by atoms with Gasteiger partial charge in [-0.3, -0.25) is 24.5 Å². The van der Waals surface area contributed by atoms with Crippen LogP contribution in [0.15, 0.2) is 41.3 Å². The number of carbonyl (C=O) groups excluding carboxylic acids is 3. The summed E-state index contributed by atoms with van der Waals surface area (Å²) in [5, 5.41) is 28.4. The van der Waals surface area contributed by atoms with Gasteiger partial charge in [0.25, 0.3) is 11.6 Å². The fourth-order valence-electron chi connectivity index (χ4n) is 3.52. The van der Waals surface area contributed by atoms with E-state index in [4.69, 9.17) is 5.73 Å². The first-order chi connectivity index (χ1) is 17.2. The van der Waals surface area contributed by atoms with Crippen LogP contribution in [0.25, 0.3) is 0 Å². The summed E-state index contributed by atoms with van der Waals surface area (Å²) in [6, 6.07) is 7.13. The molecule has 0 spiro atoms. The number of benzene rings is 2. The van der Waals surface area contributed by atoms with Crippen LogP contribution in [0.3, 0.4) is 0 Å². The molecule has 3 rings (SSSR count).